The Kier molecular flexibility index (Phi) is 8.63. The Morgan fingerprint density at radius 2 is 1.71 bits per heavy atom. The van der Waals surface area contributed by atoms with Crippen molar-refractivity contribution in [3.8, 4) is 11.5 Å². The predicted octanol–water partition coefficient (Wildman–Crippen LogP) is 5.04. The van der Waals surface area contributed by atoms with E-state index < -0.39 is 28.3 Å². The molecular formula is C25H29ClF3N3O5S. The number of carbonyl (C=O) groups is 1. The fourth-order valence-corrected chi connectivity index (χ4v) is 6.08. The van der Waals surface area contributed by atoms with E-state index in [1.165, 1.54) is 16.4 Å². The molecule has 208 valence electrons. The third-order valence-electron chi connectivity index (χ3n) is 6.55. The van der Waals surface area contributed by atoms with Gasteiger partial charge >= 0.3 is 6.36 Å². The first kappa shape index (κ1) is 28.3. The van der Waals surface area contributed by atoms with Crippen molar-refractivity contribution in [1.29, 1.82) is 0 Å². The Morgan fingerprint density at radius 1 is 1.03 bits per heavy atom. The van der Waals surface area contributed by atoms with Crippen molar-refractivity contribution < 1.29 is 35.9 Å². The number of nitrogens with zero attached hydrogens (tertiary/aromatic N) is 2. The highest BCUT2D eigenvalue weighted by Gasteiger charge is 2.34. The Bertz CT molecular complexity index is 1240. The van der Waals surface area contributed by atoms with Gasteiger partial charge in [0.2, 0.25) is 15.9 Å². The van der Waals surface area contributed by atoms with Gasteiger partial charge in [0, 0.05) is 43.9 Å². The molecule has 0 spiro atoms. The zero-order valence-corrected chi connectivity index (χ0v) is 22.3. The lowest BCUT2D eigenvalue weighted by Crippen LogP contribution is -2.49. The maximum absolute atomic E-state index is 12.8. The van der Waals surface area contributed by atoms with Gasteiger partial charge in [-0.15, -0.1) is 13.2 Å². The van der Waals surface area contributed by atoms with E-state index in [1.54, 1.807) is 30.3 Å². The maximum Gasteiger partial charge on any atom is 0.573 e. The molecule has 1 amide bonds. The van der Waals surface area contributed by atoms with E-state index in [4.69, 9.17) is 16.3 Å². The molecule has 2 aromatic carbocycles. The molecule has 2 aliphatic rings. The van der Waals surface area contributed by atoms with E-state index >= 15 is 0 Å². The molecule has 13 heteroatoms. The Hall–Kier alpha value is -2.70. The number of hydrogen-bond acceptors (Lipinski definition) is 6. The van der Waals surface area contributed by atoms with Crippen molar-refractivity contribution in [2.24, 2.45) is 0 Å². The van der Waals surface area contributed by atoms with E-state index in [1.807, 2.05) is 0 Å². The lowest BCUT2D eigenvalue weighted by molar-refractivity contribution is -0.274. The normalized spacial score (nSPS) is 19.7. The molecule has 1 N–H and O–H groups in total. The molecule has 0 aromatic heterocycles. The number of hydrogen-bond donors (Lipinski definition) is 1. The van der Waals surface area contributed by atoms with Crippen molar-refractivity contribution >= 4 is 38.9 Å². The topological polar surface area (TPSA) is 88.2 Å². The fraction of sp³-hybridized carbons (Fsp3) is 0.480. The highest BCUT2D eigenvalue weighted by Crippen LogP contribution is 2.32. The number of benzene rings is 2. The molecule has 0 saturated carbocycles. The van der Waals surface area contributed by atoms with Crippen LogP contribution in [0.1, 0.15) is 32.1 Å². The average molecular weight is 576 g/mol. The molecule has 8 nitrogen and oxygen atoms in total. The molecule has 2 fully saturated rings. The first-order chi connectivity index (χ1) is 17.9. The highest BCUT2D eigenvalue weighted by atomic mass is 35.5. The number of anilines is 2. The van der Waals surface area contributed by atoms with Crippen LogP contribution in [0.2, 0.25) is 5.02 Å². The zero-order valence-electron chi connectivity index (χ0n) is 20.7. The van der Waals surface area contributed by atoms with Crippen LogP contribution in [-0.4, -0.2) is 63.0 Å². The van der Waals surface area contributed by atoms with E-state index in [2.05, 4.69) is 15.0 Å². The summed E-state index contributed by atoms with van der Waals surface area (Å²) in [5.74, 6) is -0.197. The first-order valence-corrected chi connectivity index (χ1v) is 14.5. The van der Waals surface area contributed by atoms with Gasteiger partial charge in [-0.3, -0.25) is 4.79 Å². The molecule has 0 unspecified atom stereocenters. The minimum atomic E-state index is -4.73. The molecule has 0 aliphatic carbocycles. The molecule has 4 rings (SSSR count). The Labute approximate surface area is 224 Å². The summed E-state index contributed by atoms with van der Waals surface area (Å²) in [5.41, 5.74) is 1.24. The monoisotopic (exact) mass is 575 g/mol. The quantitative estimate of drug-likeness (QED) is 0.498. The van der Waals surface area contributed by atoms with Crippen LogP contribution in [-0.2, 0) is 14.8 Å². The number of piperidine rings is 2. The summed E-state index contributed by atoms with van der Waals surface area (Å²) in [6, 6.07) is 9.90. The van der Waals surface area contributed by atoms with E-state index in [0.29, 0.717) is 55.4 Å². The summed E-state index contributed by atoms with van der Waals surface area (Å²) < 4.78 is 72.4. The molecular weight excluding hydrogens is 547 g/mol. The summed E-state index contributed by atoms with van der Waals surface area (Å²) in [7, 11) is -3.50. The van der Waals surface area contributed by atoms with Crippen LogP contribution in [0, 0.1) is 0 Å². The number of amides is 1. The second-order valence-corrected chi connectivity index (χ2v) is 11.7. The summed E-state index contributed by atoms with van der Waals surface area (Å²) in [4.78, 5) is 14.9. The van der Waals surface area contributed by atoms with Crippen LogP contribution in [0.5, 0.6) is 11.5 Å². The molecule has 2 aromatic rings. The van der Waals surface area contributed by atoms with Crippen LogP contribution in [0.4, 0.5) is 24.5 Å². The number of rotatable bonds is 7. The van der Waals surface area contributed by atoms with E-state index in [9.17, 15) is 26.4 Å². The number of ether oxygens (including phenoxy) is 2. The lowest BCUT2D eigenvalue weighted by atomic mass is 10.0. The molecule has 38 heavy (non-hydrogen) atoms. The molecule has 2 heterocycles. The predicted molar refractivity (Wildman–Crippen MR) is 138 cm³/mol. The van der Waals surface area contributed by atoms with Crippen molar-refractivity contribution in [3.63, 3.8) is 0 Å². The largest absolute Gasteiger partial charge is 0.573 e. The summed E-state index contributed by atoms with van der Waals surface area (Å²) in [6.07, 6.45) is -0.421. The van der Waals surface area contributed by atoms with Crippen LogP contribution in [0.25, 0.3) is 0 Å². The summed E-state index contributed by atoms with van der Waals surface area (Å²) >= 11 is 6.42. The first-order valence-electron chi connectivity index (χ1n) is 12.2. The van der Waals surface area contributed by atoms with Gasteiger partial charge in [-0.2, -0.15) is 4.31 Å². The average Bonchev–Trinajstić information content (AvgIpc) is 2.85. The third-order valence-corrected chi connectivity index (χ3v) is 8.14. The van der Waals surface area contributed by atoms with Crippen molar-refractivity contribution in [1.82, 2.24) is 4.31 Å². The standard InChI is InChI=1S/C25H29ClF3N3O5S/c1-38(34,35)32-13-3-2-4-22(32)24(33)30-17-5-10-23(21(26)16-17)36-19-11-14-31(15-12-19)18-6-8-20(9-7-18)37-25(27,28)29/h5-10,16,19,22H,2-4,11-15H2,1H3,(H,30,33)/t22-/m1/s1. The number of alkyl halides is 3. The number of halogens is 4. The molecule has 2 aliphatic heterocycles. The van der Waals surface area contributed by atoms with Gasteiger partial charge in [-0.1, -0.05) is 18.0 Å². The van der Waals surface area contributed by atoms with Crippen LogP contribution in [0.3, 0.4) is 0 Å². The number of carbonyl (C=O) groups excluding carboxylic acids is 1. The van der Waals surface area contributed by atoms with Gasteiger partial charge in [0.15, 0.2) is 0 Å². The number of nitrogens with one attached hydrogen (secondary N) is 1. The second kappa shape index (κ2) is 11.6. The van der Waals surface area contributed by atoms with Gasteiger partial charge in [0.25, 0.3) is 0 Å². The molecule has 0 radical (unpaired) electrons. The van der Waals surface area contributed by atoms with Gasteiger partial charge < -0.3 is 19.7 Å². The van der Waals surface area contributed by atoms with Crippen molar-refractivity contribution in [3.05, 3.63) is 47.5 Å². The Morgan fingerprint density at radius 3 is 2.32 bits per heavy atom. The van der Waals surface area contributed by atoms with Crippen molar-refractivity contribution in [2.45, 2.75) is 50.6 Å². The third kappa shape index (κ3) is 7.45. The van der Waals surface area contributed by atoms with Crippen LogP contribution in [0.15, 0.2) is 42.5 Å². The zero-order chi connectivity index (χ0) is 27.5. The second-order valence-electron chi connectivity index (χ2n) is 9.37. The Balaban J connectivity index is 1.30. The van der Waals surface area contributed by atoms with Gasteiger partial charge in [0.05, 0.1) is 11.3 Å². The van der Waals surface area contributed by atoms with Crippen LogP contribution >= 0.6 is 11.6 Å². The smallest absolute Gasteiger partial charge is 0.489 e. The minimum absolute atomic E-state index is 0.109. The van der Waals surface area contributed by atoms with Crippen LogP contribution < -0.4 is 19.7 Å². The molecule has 1 atom stereocenters. The van der Waals surface area contributed by atoms with Gasteiger partial charge in [-0.25, -0.2) is 8.42 Å². The SMILES string of the molecule is CS(=O)(=O)N1CCCC[C@@H]1C(=O)Nc1ccc(OC2CCN(c3ccc(OC(F)(F)F)cc3)CC2)c(Cl)c1. The minimum Gasteiger partial charge on any atom is -0.489 e. The number of sulfonamides is 1. The fourth-order valence-electron chi connectivity index (χ4n) is 4.73. The van der Waals surface area contributed by atoms with E-state index in [0.717, 1.165) is 24.8 Å². The molecule has 0 bridgehead atoms. The maximum atomic E-state index is 12.8. The van der Waals surface area contributed by atoms with Gasteiger partial charge in [-0.05, 0) is 55.3 Å². The summed E-state index contributed by atoms with van der Waals surface area (Å²) in [6.45, 7) is 1.61. The van der Waals surface area contributed by atoms with Crippen molar-refractivity contribution in [2.75, 3.05) is 36.1 Å². The molecule has 2 saturated heterocycles. The lowest BCUT2D eigenvalue weighted by Gasteiger charge is -2.34. The summed E-state index contributed by atoms with van der Waals surface area (Å²) in [5, 5.41) is 3.08. The van der Waals surface area contributed by atoms with E-state index in [-0.39, 0.29) is 11.9 Å². The van der Waals surface area contributed by atoms with Gasteiger partial charge in [0.1, 0.15) is 23.6 Å². The highest BCUT2D eigenvalue weighted by molar-refractivity contribution is 7.88.